The second-order valence-electron chi connectivity index (χ2n) is 2.59. The molecule has 0 N–H and O–H groups in total. The second kappa shape index (κ2) is 4.87. The molecule has 0 aromatic carbocycles. The molecular formula is C8H15O2P. The van der Waals surface area contributed by atoms with Gasteiger partial charge >= 0.3 is 0 Å². The summed E-state index contributed by atoms with van der Waals surface area (Å²) in [6.45, 7) is 0. The fourth-order valence-electron chi connectivity index (χ4n) is 1.34. The maximum atomic E-state index is 5.25. The summed E-state index contributed by atoms with van der Waals surface area (Å²) in [7, 11) is 2.83. The maximum Gasteiger partial charge on any atom is 0.173 e. The highest BCUT2D eigenvalue weighted by atomic mass is 31.2. The number of allylic oxidation sites excluding steroid dienone is 2. The fourth-order valence-corrected chi connectivity index (χ4v) is 2.74. The highest BCUT2D eigenvalue weighted by Gasteiger charge is 2.21. The van der Waals surface area contributed by atoms with Crippen molar-refractivity contribution < 1.29 is 9.05 Å². The highest BCUT2D eigenvalue weighted by Crippen LogP contribution is 2.46. The van der Waals surface area contributed by atoms with Crippen molar-refractivity contribution in [1.29, 1.82) is 0 Å². The molecule has 0 aromatic rings. The van der Waals surface area contributed by atoms with Crippen LogP contribution in [-0.4, -0.2) is 19.9 Å². The van der Waals surface area contributed by atoms with Crippen LogP contribution in [0, 0.1) is 0 Å². The third-order valence-electron chi connectivity index (χ3n) is 1.90. The third kappa shape index (κ3) is 2.55. The molecule has 0 spiro atoms. The smallest absolute Gasteiger partial charge is 0.173 e. The lowest BCUT2D eigenvalue weighted by atomic mass is 10.1. The van der Waals surface area contributed by atoms with Crippen molar-refractivity contribution in [2.45, 2.75) is 24.9 Å². The molecule has 2 nitrogen and oxygen atoms in total. The first-order valence-corrected chi connectivity index (χ1v) is 5.15. The zero-order valence-electron chi connectivity index (χ0n) is 7.12. The van der Waals surface area contributed by atoms with Crippen molar-refractivity contribution in [2.24, 2.45) is 0 Å². The van der Waals surface area contributed by atoms with Crippen molar-refractivity contribution in [1.82, 2.24) is 0 Å². The monoisotopic (exact) mass is 174 g/mol. The first kappa shape index (κ1) is 9.18. The third-order valence-corrected chi connectivity index (χ3v) is 3.68. The molecule has 1 rings (SSSR count). The van der Waals surface area contributed by atoms with Crippen LogP contribution >= 0.6 is 8.38 Å². The molecular weight excluding hydrogens is 159 g/mol. The Kier molecular flexibility index (Phi) is 4.06. The van der Waals surface area contributed by atoms with E-state index in [0.29, 0.717) is 5.66 Å². The molecule has 0 radical (unpaired) electrons. The number of hydrogen-bond acceptors (Lipinski definition) is 2. The van der Waals surface area contributed by atoms with Gasteiger partial charge in [0.15, 0.2) is 8.38 Å². The van der Waals surface area contributed by atoms with Crippen molar-refractivity contribution in [2.75, 3.05) is 14.2 Å². The van der Waals surface area contributed by atoms with Gasteiger partial charge in [0.2, 0.25) is 0 Å². The van der Waals surface area contributed by atoms with Crippen LogP contribution in [0.15, 0.2) is 12.2 Å². The van der Waals surface area contributed by atoms with E-state index in [1.54, 1.807) is 14.2 Å². The van der Waals surface area contributed by atoms with Crippen molar-refractivity contribution in [3.8, 4) is 0 Å². The predicted octanol–water partition coefficient (Wildman–Crippen LogP) is 2.70. The standard InChI is InChI=1S/C8H15O2P/c1-9-11(10-2)8-6-4-3-5-7-8/h3-4,8H,5-7H2,1-2H3. The minimum Gasteiger partial charge on any atom is -0.337 e. The first-order valence-electron chi connectivity index (χ1n) is 3.91. The van der Waals surface area contributed by atoms with Crippen molar-refractivity contribution in [3.05, 3.63) is 12.2 Å². The average molecular weight is 174 g/mol. The van der Waals surface area contributed by atoms with E-state index >= 15 is 0 Å². The molecule has 64 valence electrons. The van der Waals surface area contributed by atoms with Gasteiger partial charge in [0.05, 0.1) is 0 Å². The Hall–Kier alpha value is 0.0900. The molecule has 1 aliphatic rings. The van der Waals surface area contributed by atoms with E-state index in [2.05, 4.69) is 12.2 Å². The Morgan fingerprint density at radius 2 is 2.00 bits per heavy atom. The minimum atomic E-state index is -0.626. The quantitative estimate of drug-likeness (QED) is 0.483. The summed E-state index contributed by atoms with van der Waals surface area (Å²) in [5, 5.41) is 0. The molecule has 0 amide bonds. The molecule has 0 heterocycles. The molecule has 1 atom stereocenters. The largest absolute Gasteiger partial charge is 0.337 e. The van der Waals surface area contributed by atoms with Crippen LogP contribution in [0.3, 0.4) is 0 Å². The Morgan fingerprint density at radius 1 is 1.27 bits per heavy atom. The van der Waals surface area contributed by atoms with Gasteiger partial charge in [-0.1, -0.05) is 12.2 Å². The molecule has 0 aromatic heterocycles. The summed E-state index contributed by atoms with van der Waals surface area (Å²) in [5.41, 5.74) is 0.616. The van der Waals surface area contributed by atoms with Gasteiger partial charge in [0.25, 0.3) is 0 Å². The Labute approximate surface area is 69.5 Å². The van der Waals surface area contributed by atoms with E-state index in [0.717, 1.165) is 6.42 Å². The number of rotatable bonds is 3. The summed E-state index contributed by atoms with van der Waals surface area (Å²) in [6, 6.07) is 0. The minimum absolute atomic E-state index is 0.616. The Morgan fingerprint density at radius 3 is 2.45 bits per heavy atom. The Bertz CT molecular complexity index is 132. The molecule has 0 bridgehead atoms. The van der Waals surface area contributed by atoms with Crippen LogP contribution < -0.4 is 0 Å². The molecule has 0 aliphatic heterocycles. The highest BCUT2D eigenvalue weighted by molar-refractivity contribution is 7.48. The lowest BCUT2D eigenvalue weighted by Crippen LogP contribution is -2.08. The zero-order chi connectivity index (χ0) is 8.10. The summed E-state index contributed by atoms with van der Waals surface area (Å²) in [6.07, 6.45) is 7.96. The van der Waals surface area contributed by atoms with E-state index in [1.165, 1.54) is 12.8 Å². The molecule has 1 aliphatic carbocycles. The topological polar surface area (TPSA) is 18.5 Å². The fraction of sp³-hybridized carbons (Fsp3) is 0.750. The lowest BCUT2D eigenvalue weighted by Gasteiger charge is -2.23. The van der Waals surface area contributed by atoms with E-state index in [-0.39, 0.29) is 0 Å². The second-order valence-corrected chi connectivity index (χ2v) is 4.62. The van der Waals surface area contributed by atoms with Crippen LogP contribution in [0.25, 0.3) is 0 Å². The molecule has 0 fully saturated rings. The van der Waals surface area contributed by atoms with Gasteiger partial charge in [-0.05, 0) is 19.3 Å². The maximum absolute atomic E-state index is 5.25. The average Bonchev–Trinajstić information content (AvgIpc) is 2.09. The van der Waals surface area contributed by atoms with Gasteiger partial charge in [-0.2, -0.15) is 0 Å². The van der Waals surface area contributed by atoms with Crippen LogP contribution in [0.4, 0.5) is 0 Å². The van der Waals surface area contributed by atoms with Gasteiger partial charge < -0.3 is 9.05 Å². The number of hydrogen-bond donors (Lipinski definition) is 0. The van der Waals surface area contributed by atoms with Gasteiger partial charge in [0.1, 0.15) is 0 Å². The molecule has 3 heteroatoms. The molecule has 0 saturated heterocycles. The Balaban J connectivity index is 2.38. The molecule has 1 unspecified atom stereocenters. The van der Waals surface area contributed by atoms with Crippen LogP contribution in [-0.2, 0) is 9.05 Å². The van der Waals surface area contributed by atoms with E-state index in [1.807, 2.05) is 0 Å². The van der Waals surface area contributed by atoms with E-state index < -0.39 is 8.38 Å². The van der Waals surface area contributed by atoms with Crippen molar-refractivity contribution >= 4 is 8.38 Å². The summed E-state index contributed by atoms with van der Waals surface area (Å²) >= 11 is 0. The van der Waals surface area contributed by atoms with Gasteiger partial charge in [0, 0.05) is 19.9 Å². The molecule has 11 heavy (non-hydrogen) atoms. The summed E-state index contributed by atoms with van der Waals surface area (Å²) in [5.74, 6) is 0. The lowest BCUT2D eigenvalue weighted by molar-refractivity contribution is 0.327. The summed E-state index contributed by atoms with van der Waals surface area (Å²) < 4.78 is 10.5. The first-order chi connectivity index (χ1) is 5.38. The normalized spacial score (nSPS) is 24.5. The van der Waals surface area contributed by atoms with E-state index in [9.17, 15) is 0 Å². The van der Waals surface area contributed by atoms with Gasteiger partial charge in [-0.25, -0.2) is 0 Å². The van der Waals surface area contributed by atoms with Crippen LogP contribution in [0.2, 0.25) is 0 Å². The van der Waals surface area contributed by atoms with Crippen LogP contribution in [0.5, 0.6) is 0 Å². The van der Waals surface area contributed by atoms with E-state index in [4.69, 9.17) is 9.05 Å². The van der Waals surface area contributed by atoms with Crippen LogP contribution in [0.1, 0.15) is 19.3 Å². The van der Waals surface area contributed by atoms with Gasteiger partial charge in [-0.15, -0.1) is 0 Å². The molecule has 0 saturated carbocycles. The SMILES string of the molecule is COP(OC)C1CC=CCC1. The summed E-state index contributed by atoms with van der Waals surface area (Å²) in [4.78, 5) is 0. The predicted molar refractivity (Wildman–Crippen MR) is 47.7 cm³/mol. The zero-order valence-corrected chi connectivity index (χ0v) is 8.01. The van der Waals surface area contributed by atoms with Crippen molar-refractivity contribution in [3.63, 3.8) is 0 Å². The van der Waals surface area contributed by atoms with Gasteiger partial charge in [-0.3, -0.25) is 0 Å².